The number of carboxylic acids is 1. The van der Waals surface area contributed by atoms with Gasteiger partial charge in [-0.2, -0.15) is 4.98 Å². The molecule has 1 aromatic carbocycles. The van der Waals surface area contributed by atoms with E-state index < -0.39 is 5.97 Å². The molecule has 168 valence electrons. The van der Waals surface area contributed by atoms with Gasteiger partial charge in [0.25, 0.3) is 0 Å². The smallest absolute Gasteiger partial charge is 0.341 e. The Hall–Kier alpha value is -4.47. The second kappa shape index (κ2) is 9.77. The van der Waals surface area contributed by atoms with Crippen molar-refractivity contribution in [2.75, 3.05) is 31.4 Å². The molecule has 3 N–H and O–H groups in total. The van der Waals surface area contributed by atoms with Crippen LogP contribution in [-0.2, 0) is 0 Å². The van der Waals surface area contributed by atoms with Crippen molar-refractivity contribution in [3.05, 3.63) is 60.4 Å². The zero-order valence-electron chi connectivity index (χ0n) is 18.1. The molecule has 0 saturated heterocycles. The van der Waals surface area contributed by atoms with Crippen LogP contribution in [0.25, 0.3) is 11.1 Å². The summed E-state index contributed by atoms with van der Waals surface area (Å²) in [6, 6.07) is 9.09. The number of hydrogen-bond donors (Lipinski definition) is 3. The first-order valence-corrected chi connectivity index (χ1v) is 10.1. The maximum Gasteiger partial charge on any atom is 0.341 e. The van der Waals surface area contributed by atoms with Crippen molar-refractivity contribution < 1.29 is 19.4 Å². The number of anilines is 3. The van der Waals surface area contributed by atoms with E-state index in [2.05, 4.69) is 30.6 Å². The highest BCUT2D eigenvalue weighted by molar-refractivity contribution is 6.03. The van der Waals surface area contributed by atoms with Gasteiger partial charge < -0.3 is 25.2 Å². The summed E-state index contributed by atoms with van der Waals surface area (Å²) in [5, 5.41) is 15.7. The molecule has 3 heterocycles. The van der Waals surface area contributed by atoms with Crippen molar-refractivity contribution in [1.29, 1.82) is 0 Å². The zero-order valence-corrected chi connectivity index (χ0v) is 18.1. The van der Waals surface area contributed by atoms with Gasteiger partial charge in [0.2, 0.25) is 11.8 Å². The molecular formula is C23H22N6O4. The zero-order chi connectivity index (χ0) is 23.2. The molecule has 33 heavy (non-hydrogen) atoms. The number of dihydropyridines is 1. The van der Waals surface area contributed by atoms with E-state index in [-0.39, 0.29) is 17.3 Å². The van der Waals surface area contributed by atoms with Gasteiger partial charge >= 0.3 is 5.97 Å². The third-order valence-electron chi connectivity index (χ3n) is 4.84. The molecule has 0 saturated carbocycles. The van der Waals surface area contributed by atoms with E-state index in [0.29, 0.717) is 29.7 Å². The van der Waals surface area contributed by atoms with Crippen LogP contribution in [0.1, 0.15) is 16.8 Å². The molecule has 0 unspecified atom stereocenters. The van der Waals surface area contributed by atoms with Crippen LogP contribution in [0.4, 0.5) is 17.5 Å². The summed E-state index contributed by atoms with van der Waals surface area (Å²) in [7, 11) is 3.09. The Bertz CT molecular complexity index is 1220. The van der Waals surface area contributed by atoms with Crippen molar-refractivity contribution in [3.8, 4) is 22.8 Å². The van der Waals surface area contributed by atoms with Gasteiger partial charge in [0.15, 0.2) is 5.82 Å². The number of benzene rings is 1. The summed E-state index contributed by atoms with van der Waals surface area (Å²) in [6.45, 7) is 0.668. The van der Waals surface area contributed by atoms with Gasteiger partial charge in [0.1, 0.15) is 17.1 Å². The van der Waals surface area contributed by atoms with Crippen LogP contribution in [0.5, 0.6) is 11.6 Å². The van der Waals surface area contributed by atoms with E-state index in [0.717, 1.165) is 17.5 Å². The lowest BCUT2D eigenvalue weighted by molar-refractivity contribution is 0.0697. The lowest BCUT2D eigenvalue weighted by Crippen LogP contribution is -2.16. The summed E-state index contributed by atoms with van der Waals surface area (Å²) in [4.78, 5) is 28.9. The van der Waals surface area contributed by atoms with Crippen LogP contribution >= 0.6 is 0 Å². The molecule has 4 rings (SSSR count). The van der Waals surface area contributed by atoms with Crippen LogP contribution in [0.2, 0.25) is 0 Å². The number of nitrogens with zero attached hydrogens (tertiary/aromatic N) is 4. The lowest BCUT2D eigenvalue weighted by atomic mass is 10.1. The van der Waals surface area contributed by atoms with Gasteiger partial charge in [-0.05, 0) is 24.6 Å². The molecule has 10 nitrogen and oxygen atoms in total. The number of carboxylic acid groups (broad SMARTS) is 1. The van der Waals surface area contributed by atoms with Crippen LogP contribution in [0.3, 0.4) is 0 Å². The standard InChI is InChI=1S/C23H22N6O4/c1-32-19-10-9-14(12-25-19)15-6-5-7-17(20(15)33-2)27-21-16(22(30)31)13-26-23(29-21)28-18-8-3-4-11-24-18/h3,5-10,12-13H,4,11H2,1-2H3,(H,30,31)(H2,24,26,27,28,29). The van der Waals surface area contributed by atoms with E-state index in [1.54, 1.807) is 32.5 Å². The highest BCUT2D eigenvalue weighted by Gasteiger charge is 2.18. The first kappa shape index (κ1) is 21.8. The molecule has 0 radical (unpaired) electrons. The molecule has 0 atom stereocenters. The van der Waals surface area contributed by atoms with Crippen LogP contribution in [0.15, 0.2) is 59.9 Å². The number of amidine groups is 1. The number of para-hydroxylation sites is 1. The largest absolute Gasteiger partial charge is 0.494 e. The molecule has 0 fully saturated rings. The number of pyridine rings is 1. The number of carbonyl (C=O) groups is 1. The third kappa shape index (κ3) is 4.90. The normalized spacial score (nSPS) is 12.6. The van der Waals surface area contributed by atoms with Crippen molar-refractivity contribution in [3.63, 3.8) is 0 Å². The fraction of sp³-hybridized carbons (Fsp3) is 0.174. The average Bonchev–Trinajstić information content (AvgIpc) is 2.84. The third-order valence-corrected chi connectivity index (χ3v) is 4.84. The molecule has 0 amide bonds. The Balaban J connectivity index is 1.69. The Morgan fingerprint density at radius 3 is 2.61 bits per heavy atom. The van der Waals surface area contributed by atoms with Crippen molar-refractivity contribution in [1.82, 2.24) is 15.0 Å². The summed E-state index contributed by atoms with van der Waals surface area (Å²) in [5.74, 6) is 0.798. The van der Waals surface area contributed by atoms with E-state index >= 15 is 0 Å². The van der Waals surface area contributed by atoms with E-state index in [1.165, 1.54) is 6.20 Å². The summed E-state index contributed by atoms with van der Waals surface area (Å²) in [6.07, 6.45) is 7.62. The van der Waals surface area contributed by atoms with Crippen LogP contribution < -0.4 is 20.1 Å². The maximum atomic E-state index is 11.8. The first-order chi connectivity index (χ1) is 16.1. The Kier molecular flexibility index (Phi) is 6.44. The number of methoxy groups -OCH3 is 2. The highest BCUT2D eigenvalue weighted by atomic mass is 16.5. The SMILES string of the molecule is COc1ccc(-c2cccc(Nc3nc(NC4=NCCC=C4)ncc3C(=O)O)c2OC)cn1. The highest BCUT2D eigenvalue weighted by Crippen LogP contribution is 2.38. The molecule has 2 aromatic heterocycles. The minimum absolute atomic E-state index is 0.0831. The Morgan fingerprint density at radius 2 is 1.94 bits per heavy atom. The second-order valence-electron chi connectivity index (χ2n) is 6.94. The number of nitrogens with one attached hydrogen (secondary N) is 2. The van der Waals surface area contributed by atoms with Gasteiger partial charge in [-0.3, -0.25) is 4.99 Å². The summed E-state index contributed by atoms with van der Waals surface area (Å²) >= 11 is 0. The fourth-order valence-corrected chi connectivity index (χ4v) is 3.27. The molecule has 10 heteroatoms. The quantitative estimate of drug-likeness (QED) is 0.496. The Labute approximate surface area is 190 Å². The number of aromatic nitrogens is 3. The minimum Gasteiger partial charge on any atom is -0.494 e. The van der Waals surface area contributed by atoms with Gasteiger partial charge in [-0.15, -0.1) is 0 Å². The van der Waals surface area contributed by atoms with Crippen molar-refractivity contribution in [2.45, 2.75) is 6.42 Å². The average molecular weight is 446 g/mol. The molecule has 0 spiro atoms. The lowest BCUT2D eigenvalue weighted by Gasteiger charge is -2.16. The van der Waals surface area contributed by atoms with E-state index in [1.807, 2.05) is 30.4 Å². The predicted octanol–water partition coefficient (Wildman–Crippen LogP) is 3.77. The molecule has 1 aliphatic rings. The molecular weight excluding hydrogens is 424 g/mol. The topological polar surface area (TPSA) is 131 Å². The van der Waals surface area contributed by atoms with Crippen LogP contribution in [0, 0.1) is 0 Å². The number of rotatable bonds is 7. The number of aromatic carboxylic acids is 1. The summed E-state index contributed by atoms with van der Waals surface area (Å²) < 4.78 is 10.8. The van der Waals surface area contributed by atoms with Crippen molar-refractivity contribution >= 4 is 29.3 Å². The first-order valence-electron chi connectivity index (χ1n) is 10.1. The monoisotopic (exact) mass is 446 g/mol. The van der Waals surface area contributed by atoms with Crippen molar-refractivity contribution in [2.24, 2.45) is 4.99 Å². The van der Waals surface area contributed by atoms with Crippen LogP contribution in [-0.4, -0.2) is 52.6 Å². The minimum atomic E-state index is -1.16. The predicted molar refractivity (Wildman–Crippen MR) is 125 cm³/mol. The van der Waals surface area contributed by atoms with E-state index in [4.69, 9.17) is 9.47 Å². The Morgan fingerprint density at radius 1 is 1.06 bits per heavy atom. The maximum absolute atomic E-state index is 11.8. The van der Waals surface area contributed by atoms with E-state index in [9.17, 15) is 9.90 Å². The number of aliphatic imine (C=N–C) groups is 1. The van der Waals surface area contributed by atoms with Gasteiger partial charge in [-0.1, -0.05) is 18.2 Å². The van der Waals surface area contributed by atoms with Gasteiger partial charge in [0, 0.05) is 36.1 Å². The second-order valence-corrected chi connectivity index (χ2v) is 6.94. The van der Waals surface area contributed by atoms with Gasteiger partial charge in [-0.25, -0.2) is 14.8 Å². The molecule has 0 bridgehead atoms. The number of hydrogen-bond acceptors (Lipinski definition) is 9. The fourth-order valence-electron chi connectivity index (χ4n) is 3.27. The molecule has 0 aliphatic carbocycles. The number of ether oxygens (including phenoxy) is 2. The van der Waals surface area contributed by atoms with Gasteiger partial charge in [0.05, 0.1) is 19.9 Å². The molecule has 1 aliphatic heterocycles. The summed E-state index contributed by atoms with van der Waals surface area (Å²) in [5.41, 5.74) is 2.03. The molecule has 3 aromatic rings.